The van der Waals surface area contributed by atoms with Crippen molar-refractivity contribution in [1.82, 2.24) is 25.3 Å². The summed E-state index contributed by atoms with van der Waals surface area (Å²) in [4.78, 5) is 15.9. The highest BCUT2D eigenvalue weighted by molar-refractivity contribution is 9.10. The van der Waals surface area contributed by atoms with Crippen LogP contribution in [-0.2, 0) is 6.54 Å². The maximum atomic E-state index is 12.0. The molecule has 0 fully saturated rings. The number of hydrogen-bond acceptors (Lipinski definition) is 5. The summed E-state index contributed by atoms with van der Waals surface area (Å²) in [5, 5.41) is 13.8. The molecule has 0 aliphatic heterocycles. The van der Waals surface area contributed by atoms with Gasteiger partial charge in [-0.15, -0.1) is 16.4 Å². The van der Waals surface area contributed by atoms with Crippen LogP contribution in [0.3, 0.4) is 0 Å². The highest BCUT2D eigenvalue weighted by atomic mass is 79.9. The first-order valence-electron chi connectivity index (χ1n) is 6.06. The molecule has 3 heterocycles. The van der Waals surface area contributed by atoms with Gasteiger partial charge in [0.25, 0.3) is 5.91 Å². The number of hydrogen-bond donors (Lipinski definition) is 1. The van der Waals surface area contributed by atoms with E-state index in [4.69, 9.17) is 0 Å². The number of amides is 1. The lowest BCUT2D eigenvalue weighted by molar-refractivity contribution is 0.0950. The molecule has 0 radical (unpaired) electrons. The highest BCUT2D eigenvalue weighted by Gasteiger charge is 2.08. The summed E-state index contributed by atoms with van der Waals surface area (Å²) >= 11 is 4.86. The minimum absolute atomic E-state index is 0.200. The van der Waals surface area contributed by atoms with E-state index in [2.05, 4.69) is 36.5 Å². The number of nitrogens with zero attached hydrogens (tertiary/aromatic N) is 4. The van der Waals surface area contributed by atoms with Gasteiger partial charge in [-0.2, -0.15) is 0 Å². The Morgan fingerprint density at radius 3 is 3.10 bits per heavy atom. The van der Waals surface area contributed by atoms with Crippen molar-refractivity contribution in [3.05, 3.63) is 57.9 Å². The summed E-state index contributed by atoms with van der Waals surface area (Å²) in [6.07, 6.45) is 4.94. The van der Waals surface area contributed by atoms with Crippen molar-refractivity contribution >= 4 is 33.2 Å². The molecular formula is C13H10BrN5OS. The Labute approximate surface area is 133 Å². The molecular weight excluding hydrogens is 354 g/mol. The zero-order chi connectivity index (χ0) is 14.7. The van der Waals surface area contributed by atoms with E-state index in [1.807, 2.05) is 17.5 Å². The predicted octanol–water partition coefficient (Wildman–Crippen LogP) is 2.42. The van der Waals surface area contributed by atoms with Crippen LogP contribution in [0.15, 0.2) is 46.6 Å². The first-order chi connectivity index (χ1) is 10.2. The summed E-state index contributed by atoms with van der Waals surface area (Å²) < 4.78 is 2.45. The molecule has 0 saturated carbocycles. The second-order valence-electron chi connectivity index (χ2n) is 4.18. The molecule has 0 bridgehead atoms. The third kappa shape index (κ3) is 3.34. The van der Waals surface area contributed by atoms with E-state index in [0.717, 1.165) is 9.47 Å². The Morgan fingerprint density at radius 1 is 1.43 bits per heavy atom. The number of carbonyl (C=O) groups is 1. The molecule has 0 aliphatic rings. The van der Waals surface area contributed by atoms with E-state index in [1.165, 1.54) is 6.20 Å². The maximum Gasteiger partial charge on any atom is 0.253 e. The molecule has 0 unspecified atom stereocenters. The number of halogens is 1. The van der Waals surface area contributed by atoms with Crippen LogP contribution in [0.25, 0.3) is 5.00 Å². The Kier molecular flexibility index (Phi) is 4.07. The van der Waals surface area contributed by atoms with E-state index < -0.39 is 0 Å². The number of rotatable bonds is 4. The third-order valence-corrected chi connectivity index (χ3v) is 3.96. The maximum absolute atomic E-state index is 12.0. The van der Waals surface area contributed by atoms with Crippen molar-refractivity contribution in [1.29, 1.82) is 0 Å². The van der Waals surface area contributed by atoms with Gasteiger partial charge in [0.05, 0.1) is 18.3 Å². The van der Waals surface area contributed by atoms with Gasteiger partial charge in [-0.05, 0) is 39.5 Å². The first kappa shape index (κ1) is 13.9. The molecule has 1 N–H and O–H groups in total. The molecule has 3 rings (SSSR count). The molecule has 0 aliphatic carbocycles. The van der Waals surface area contributed by atoms with Gasteiger partial charge in [-0.25, -0.2) is 4.68 Å². The van der Waals surface area contributed by atoms with E-state index in [1.54, 1.807) is 34.5 Å². The molecule has 0 aromatic carbocycles. The standard InChI is InChI=1S/C13H10BrN5OS/c14-10-4-9(5-15-6-10)13(20)16-7-11-8-19(18-17-11)12-2-1-3-21-12/h1-6,8H,7H2,(H,16,20). The van der Waals surface area contributed by atoms with E-state index in [-0.39, 0.29) is 5.91 Å². The van der Waals surface area contributed by atoms with Gasteiger partial charge >= 0.3 is 0 Å². The summed E-state index contributed by atoms with van der Waals surface area (Å²) in [5.41, 5.74) is 1.19. The van der Waals surface area contributed by atoms with E-state index in [0.29, 0.717) is 17.8 Å². The molecule has 0 spiro atoms. The number of aromatic nitrogens is 4. The van der Waals surface area contributed by atoms with E-state index >= 15 is 0 Å². The number of pyridine rings is 1. The Morgan fingerprint density at radius 2 is 2.33 bits per heavy atom. The van der Waals surface area contributed by atoms with Crippen LogP contribution in [0.4, 0.5) is 0 Å². The summed E-state index contributed by atoms with van der Waals surface area (Å²) in [6.45, 7) is 0.316. The van der Waals surface area contributed by atoms with Crippen LogP contribution in [0.2, 0.25) is 0 Å². The molecule has 6 nitrogen and oxygen atoms in total. The van der Waals surface area contributed by atoms with Crippen LogP contribution < -0.4 is 5.32 Å². The van der Waals surface area contributed by atoms with Crippen LogP contribution in [0.1, 0.15) is 16.1 Å². The average Bonchev–Trinajstić information content (AvgIpc) is 3.15. The quantitative estimate of drug-likeness (QED) is 0.772. The van der Waals surface area contributed by atoms with Crippen molar-refractivity contribution in [2.24, 2.45) is 0 Å². The molecule has 1 amide bonds. The van der Waals surface area contributed by atoms with Crippen LogP contribution >= 0.6 is 27.3 Å². The van der Waals surface area contributed by atoms with Crippen LogP contribution in [-0.4, -0.2) is 25.9 Å². The number of carbonyl (C=O) groups excluding carboxylic acids is 1. The Hall–Kier alpha value is -2.06. The Balaban J connectivity index is 1.64. The molecule has 3 aromatic rings. The lowest BCUT2D eigenvalue weighted by atomic mass is 10.2. The highest BCUT2D eigenvalue weighted by Crippen LogP contribution is 2.13. The topological polar surface area (TPSA) is 72.7 Å². The second kappa shape index (κ2) is 6.15. The molecule has 106 valence electrons. The van der Waals surface area contributed by atoms with Crippen molar-refractivity contribution < 1.29 is 4.79 Å². The molecule has 0 saturated heterocycles. The molecule has 21 heavy (non-hydrogen) atoms. The smallest absolute Gasteiger partial charge is 0.253 e. The molecule has 3 aromatic heterocycles. The van der Waals surface area contributed by atoms with Gasteiger partial charge < -0.3 is 5.32 Å². The fraction of sp³-hybridized carbons (Fsp3) is 0.0769. The van der Waals surface area contributed by atoms with Gasteiger partial charge in [-0.3, -0.25) is 9.78 Å². The van der Waals surface area contributed by atoms with Crippen molar-refractivity contribution in [2.75, 3.05) is 0 Å². The van der Waals surface area contributed by atoms with Gasteiger partial charge in [0, 0.05) is 16.9 Å². The third-order valence-electron chi connectivity index (χ3n) is 2.67. The van der Waals surface area contributed by atoms with Gasteiger partial charge in [0.15, 0.2) is 0 Å². The number of thiophene rings is 1. The summed E-state index contributed by atoms with van der Waals surface area (Å²) in [6, 6.07) is 5.61. The minimum atomic E-state index is -0.200. The predicted molar refractivity (Wildman–Crippen MR) is 82.3 cm³/mol. The van der Waals surface area contributed by atoms with Crippen LogP contribution in [0.5, 0.6) is 0 Å². The normalized spacial score (nSPS) is 10.5. The Bertz CT molecular complexity index is 756. The van der Waals surface area contributed by atoms with Crippen molar-refractivity contribution in [2.45, 2.75) is 6.54 Å². The average molecular weight is 364 g/mol. The second-order valence-corrected chi connectivity index (χ2v) is 6.02. The van der Waals surface area contributed by atoms with Crippen LogP contribution in [0, 0.1) is 0 Å². The minimum Gasteiger partial charge on any atom is -0.346 e. The largest absolute Gasteiger partial charge is 0.346 e. The van der Waals surface area contributed by atoms with Gasteiger partial charge in [-0.1, -0.05) is 5.21 Å². The number of nitrogens with one attached hydrogen (secondary N) is 1. The summed E-state index contributed by atoms with van der Waals surface area (Å²) in [7, 11) is 0. The van der Waals surface area contributed by atoms with E-state index in [9.17, 15) is 4.79 Å². The molecule has 0 atom stereocenters. The van der Waals surface area contributed by atoms with Gasteiger partial charge in [0.1, 0.15) is 10.7 Å². The lowest BCUT2D eigenvalue weighted by Gasteiger charge is -2.02. The summed E-state index contributed by atoms with van der Waals surface area (Å²) in [5.74, 6) is -0.200. The lowest BCUT2D eigenvalue weighted by Crippen LogP contribution is -2.23. The fourth-order valence-electron chi connectivity index (χ4n) is 1.70. The fourth-order valence-corrected chi connectivity index (χ4v) is 2.71. The molecule has 8 heteroatoms. The zero-order valence-corrected chi connectivity index (χ0v) is 13.1. The van der Waals surface area contributed by atoms with Crippen molar-refractivity contribution in [3.8, 4) is 5.00 Å². The first-order valence-corrected chi connectivity index (χ1v) is 7.73. The SMILES string of the molecule is O=C(NCc1cn(-c2cccs2)nn1)c1cncc(Br)c1. The van der Waals surface area contributed by atoms with Crippen molar-refractivity contribution in [3.63, 3.8) is 0 Å². The zero-order valence-electron chi connectivity index (χ0n) is 10.7. The monoisotopic (exact) mass is 363 g/mol. The van der Waals surface area contributed by atoms with Gasteiger partial charge in [0.2, 0.25) is 0 Å².